The van der Waals surface area contributed by atoms with Gasteiger partial charge in [0.05, 0.1) is 17.2 Å². The van der Waals surface area contributed by atoms with E-state index in [1.54, 1.807) is 42.5 Å². The Morgan fingerprint density at radius 3 is 2.73 bits per heavy atom. The SMILES string of the molecule is C=CCNC(=O)c1ccccc1NC(=O)C1CCCN(S(=O)(=O)c2ccc(C)s2)C1. The molecule has 1 aromatic carbocycles. The first-order valence-corrected chi connectivity index (χ1v) is 11.9. The molecule has 1 aromatic heterocycles. The van der Waals surface area contributed by atoms with Crippen LogP contribution in [0.25, 0.3) is 0 Å². The predicted molar refractivity (Wildman–Crippen MR) is 118 cm³/mol. The first-order valence-electron chi connectivity index (χ1n) is 9.68. The molecule has 1 unspecified atom stereocenters. The minimum Gasteiger partial charge on any atom is -0.349 e. The van der Waals surface area contributed by atoms with Crippen LogP contribution in [0.2, 0.25) is 0 Å². The average Bonchev–Trinajstić information content (AvgIpc) is 3.19. The molecule has 0 spiro atoms. The van der Waals surface area contributed by atoms with Crippen molar-refractivity contribution in [3.63, 3.8) is 0 Å². The summed E-state index contributed by atoms with van der Waals surface area (Å²) in [5.74, 6) is -1.09. The summed E-state index contributed by atoms with van der Waals surface area (Å²) >= 11 is 1.23. The third-order valence-corrected chi connectivity index (χ3v) is 8.23. The number of amides is 2. The van der Waals surface area contributed by atoms with Crippen LogP contribution in [-0.2, 0) is 14.8 Å². The van der Waals surface area contributed by atoms with Crippen molar-refractivity contribution < 1.29 is 18.0 Å². The van der Waals surface area contributed by atoms with Gasteiger partial charge in [-0.15, -0.1) is 17.9 Å². The van der Waals surface area contributed by atoms with Crippen LogP contribution in [0, 0.1) is 12.8 Å². The number of benzene rings is 1. The van der Waals surface area contributed by atoms with Gasteiger partial charge >= 0.3 is 0 Å². The van der Waals surface area contributed by atoms with E-state index in [1.807, 2.05) is 6.92 Å². The van der Waals surface area contributed by atoms with Gasteiger partial charge in [-0.2, -0.15) is 4.31 Å². The van der Waals surface area contributed by atoms with Crippen molar-refractivity contribution >= 4 is 38.9 Å². The average molecular weight is 448 g/mol. The van der Waals surface area contributed by atoms with Gasteiger partial charge in [-0.3, -0.25) is 9.59 Å². The van der Waals surface area contributed by atoms with Crippen LogP contribution < -0.4 is 10.6 Å². The molecule has 1 atom stereocenters. The number of hydrogen-bond donors (Lipinski definition) is 2. The Labute approximate surface area is 180 Å². The second kappa shape index (κ2) is 9.55. The lowest BCUT2D eigenvalue weighted by atomic mass is 9.98. The van der Waals surface area contributed by atoms with E-state index in [0.29, 0.717) is 41.4 Å². The van der Waals surface area contributed by atoms with Gasteiger partial charge in [-0.1, -0.05) is 18.2 Å². The van der Waals surface area contributed by atoms with Crippen LogP contribution >= 0.6 is 11.3 Å². The number of piperidine rings is 1. The van der Waals surface area contributed by atoms with Crippen molar-refractivity contribution in [2.24, 2.45) is 5.92 Å². The minimum absolute atomic E-state index is 0.121. The summed E-state index contributed by atoms with van der Waals surface area (Å²) in [6.45, 7) is 6.26. The van der Waals surface area contributed by atoms with E-state index in [9.17, 15) is 18.0 Å². The van der Waals surface area contributed by atoms with E-state index < -0.39 is 15.9 Å². The number of aryl methyl sites for hydroxylation is 1. The summed E-state index contributed by atoms with van der Waals surface area (Å²) in [6, 6.07) is 10.1. The molecule has 0 bridgehead atoms. The van der Waals surface area contributed by atoms with Crippen LogP contribution in [0.15, 0.2) is 53.3 Å². The zero-order valence-corrected chi connectivity index (χ0v) is 18.4. The maximum absolute atomic E-state index is 12.9. The monoisotopic (exact) mass is 447 g/mol. The molecule has 2 aromatic rings. The van der Waals surface area contributed by atoms with Crippen molar-refractivity contribution in [2.75, 3.05) is 25.0 Å². The highest BCUT2D eigenvalue weighted by atomic mass is 32.2. The third-order valence-electron chi connectivity index (χ3n) is 4.90. The third kappa shape index (κ3) is 4.97. The molecule has 0 saturated carbocycles. The number of nitrogens with zero attached hydrogens (tertiary/aromatic N) is 1. The number of hydrogen-bond acceptors (Lipinski definition) is 5. The highest BCUT2D eigenvalue weighted by molar-refractivity contribution is 7.91. The lowest BCUT2D eigenvalue weighted by molar-refractivity contribution is -0.120. The molecule has 1 aliphatic heterocycles. The summed E-state index contributed by atoms with van der Waals surface area (Å²) in [4.78, 5) is 26.1. The summed E-state index contributed by atoms with van der Waals surface area (Å²) in [5.41, 5.74) is 0.750. The molecule has 9 heteroatoms. The Hall–Kier alpha value is -2.49. The van der Waals surface area contributed by atoms with Crippen molar-refractivity contribution in [3.8, 4) is 0 Å². The predicted octanol–water partition coefficient (Wildman–Crippen LogP) is 3.01. The molecule has 2 heterocycles. The van der Waals surface area contributed by atoms with E-state index in [0.717, 1.165) is 4.88 Å². The van der Waals surface area contributed by atoms with Crippen LogP contribution in [-0.4, -0.2) is 44.2 Å². The van der Waals surface area contributed by atoms with Gasteiger partial charge in [-0.25, -0.2) is 8.42 Å². The number of sulfonamides is 1. The lowest BCUT2D eigenvalue weighted by Crippen LogP contribution is -2.43. The molecule has 3 rings (SSSR count). The van der Waals surface area contributed by atoms with Gasteiger partial charge in [0.1, 0.15) is 4.21 Å². The fourth-order valence-electron chi connectivity index (χ4n) is 3.34. The molecule has 0 aliphatic carbocycles. The van der Waals surface area contributed by atoms with Crippen molar-refractivity contribution in [2.45, 2.75) is 24.0 Å². The zero-order valence-electron chi connectivity index (χ0n) is 16.8. The second-order valence-electron chi connectivity index (χ2n) is 7.10. The smallest absolute Gasteiger partial charge is 0.253 e. The highest BCUT2D eigenvalue weighted by Crippen LogP contribution is 2.29. The number of carbonyl (C=O) groups excluding carboxylic acids is 2. The number of para-hydroxylation sites is 1. The molecule has 1 saturated heterocycles. The molecule has 1 fully saturated rings. The van der Waals surface area contributed by atoms with Gasteiger partial charge in [-0.05, 0) is 44.0 Å². The molecule has 30 heavy (non-hydrogen) atoms. The molecular weight excluding hydrogens is 422 g/mol. The van der Waals surface area contributed by atoms with Crippen LogP contribution in [0.4, 0.5) is 5.69 Å². The Morgan fingerprint density at radius 1 is 1.27 bits per heavy atom. The zero-order chi connectivity index (χ0) is 21.7. The number of nitrogens with one attached hydrogen (secondary N) is 2. The molecule has 2 amide bonds. The van der Waals surface area contributed by atoms with Crippen molar-refractivity contribution in [1.82, 2.24) is 9.62 Å². The summed E-state index contributed by atoms with van der Waals surface area (Å²) in [5, 5.41) is 5.50. The minimum atomic E-state index is -3.61. The fraction of sp³-hybridized carbons (Fsp3) is 0.333. The van der Waals surface area contributed by atoms with Gasteiger partial charge < -0.3 is 10.6 Å². The van der Waals surface area contributed by atoms with E-state index >= 15 is 0 Å². The number of anilines is 1. The lowest BCUT2D eigenvalue weighted by Gasteiger charge is -2.31. The maximum Gasteiger partial charge on any atom is 0.253 e. The van der Waals surface area contributed by atoms with Crippen molar-refractivity contribution in [3.05, 3.63) is 59.5 Å². The molecule has 0 radical (unpaired) electrons. The van der Waals surface area contributed by atoms with E-state index in [1.165, 1.54) is 15.6 Å². The molecule has 7 nitrogen and oxygen atoms in total. The summed E-state index contributed by atoms with van der Waals surface area (Å²) < 4.78 is 27.5. The van der Waals surface area contributed by atoms with E-state index in [2.05, 4.69) is 17.2 Å². The Bertz CT molecular complexity index is 1050. The number of rotatable bonds is 7. The first-order chi connectivity index (χ1) is 14.3. The van der Waals surface area contributed by atoms with Gasteiger partial charge in [0, 0.05) is 24.5 Å². The molecule has 1 aliphatic rings. The summed E-state index contributed by atoms with van der Waals surface area (Å²) in [7, 11) is -3.61. The molecular formula is C21H25N3O4S2. The van der Waals surface area contributed by atoms with Gasteiger partial charge in [0.2, 0.25) is 5.91 Å². The molecule has 160 valence electrons. The van der Waals surface area contributed by atoms with Crippen LogP contribution in [0.1, 0.15) is 28.1 Å². The topological polar surface area (TPSA) is 95.6 Å². The largest absolute Gasteiger partial charge is 0.349 e. The Balaban J connectivity index is 1.72. The standard InChI is InChI=1S/C21H25N3O4S2/c1-3-12-22-21(26)17-8-4-5-9-18(17)23-20(25)16-7-6-13-24(14-16)30(27,28)19-11-10-15(2)29-19/h3-5,8-11,16H,1,6-7,12-14H2,2H3,(H,22,26)(H,23,25). The Kier molecular flexibility index (Phi) is 7.06. The Morgan fingerprint density at radius 2 is 2.03 bits per heavy atom. The quantitative estimate of drug-likeness (QED) is 0.638. The van der Waals surface area contributed by atoms with E-state index in [-0.39, 0.29) is 18.4 Å². The van der Waals surface area contributed by atoms with Crippen LogP contribution in [0.3, 0.4) is 0 Å². The normalized spacial score (nSPS) is 17.3. The highest BCUT2D eigenvalue weighted by Gasteiger charge is 2.34. The number of thiophene rings is 1. The summed E-state index contributed by atoms with van der Waals surface area (Å²) in [6.07, 6.45) is 2.76. The van der Waals surface area contributed by atoms with Gasteiger partial charge in [0.15, 0.2) is 0 Å². The van der Waals surface area contributed by atoms with Gasteiger partial charge in [0.25, 0.3) is 15.9 Å². The first kappa shape index (κ1) is 22.2. The van der Waals surface area contributed by atoms with E-state index in [4.69, 9.17) is 0 Å². The van der Waals surface area contributed by atoms with Crippen molar-refractivity contribution in [1.29, 1.82) is 0 Å². The second-order valence-corrected chi connectivity index (χ2v) is 10.6. The van der Waals surface area contributed by atoms with Crippen LogP contribution in [0.5, 0.6) is 0 Å². The maximum atomic E-state index is 12.9. The fourth-order valence-corrected chi connectivity index (χ4v) is 6.30. The molecule has 2 N–H and O–H groups in total. The number of carbonyl (C=O) groups is 2.